The van der Waals surface area contributed by atoms with Crippen LogP contribution in [0.4, 0.5) is 0 Å². The molecule has 0 spiro atoms. The van der Waals surface area contributed by atoms with Gasteiger partial charge in [0.15, 0.2) is 0 Å². The van der Waals surface area contributed by atoms with E-state index in [0.717, 1.165) is 17.6 Å². The highest BCUT2D eigenvalue weighted by Crippen LogP contribution is 2.08. The second-order valence-electron chi connectivity index (χ2n) is 2.90. The Labute approximate surface area is 79.1 Å². The average molecular weight is 216 g/mol. The number of hydrogen-bond acceptors (Lipinski definition) is 0. The lowest BCUT2D eigenvalue weighted by Gasteiger charge is -2.28. The number of rotatable bonds is 2. The van der Waals surface area contributed by atoms with Gasteiger partial charge in [0.05, 0.1) is 13.2 Å². The molecule has 1 heterocycles. The Morgan fingerprint density at radius 2 is 2.27 bits per heavy atom. The monoisotopic (exact) mass is 215 g/mol. The molecule has 0 aliphatic carbocycles. The summed E-state index contributed by atoms with van der Waals surface area (Å²) < 4.78 is 0.958. The largest absolute Gasteiger partial charge is 1.00 e. The van der Waals surface area contributed by atoms with Crippen LogP contribution >= 0.6 is 0 Å². The Hall–Kier alpha value is -0.340. The molecule has 1 nitrogen and oxygen atoms in total. The van der Waals surface area contributed by atoms with Gasteiger partial charge in [0.2, 0.25) is 0 Å². The summed E-state index contributed by atoms with van der Waals surface area (Å²) in [6.07, 6.45) is 10.5. The molecule has 0 amide bonds. The van der Waals surface area contributed by atoms with Gasteiger partial charge in [-0.1, -0.05) is 12.7 Å². The van der Waals surface area contributed by atoms with Crippen molar-refractivity contribution >= 4 is 0 Å². The number of halogens is 1. The lowest BCUT2D eigenvalue weighted by atomic mass is 10.3. The molecular weight excluding hydrogens is 202 g/mol. The first kappa shape index (κ1) is 10.7. The fourth-order valence-electron chi connectivity index (χ4n) is 1.13. The molecule has 11 heavy (non-hydrogen) atoms. The van der Waals surface area contributed by atoms with Crippen molar-refractivity contribution in [3.05, 3.63) is 37.1 Å². The van der Waals surface area contributed by atoms with Crippen LogP contribution in [0.25, 0.3) is 0 Å². The summed E-state index contributed by atoms with van der Waals surface area (Å²) in [5.41, 5.74) is 0. The third kappa shape index (κ3) is 3.04. The predicted molar refractivity (Wildman–Crippen MR) is 44.4 cm³/mol. The van der Waals surface area contributed by atoms with Gasteiger partial charge >= 0.3 is 0 Å². The Kier molecular flexibility index (Phi) is 4.38. The lowest BCUT2D eigenvalue weighted by Crippen LogP contribution is -3.00. The number of hydrogen-bond donors (Lipinski definition) is 0. The van der Waals surface area contributed by atoms with E-state index in [4.69, 9.17) is 0 Å². The van der Waals surface area contributed by atoms with Crippen molar-refractivity contribution in [3.8, 4) is 0 Å². The second kappa shape index (κ2) is 4.52. The first-order valence-electron chi connectivity index (χ1n) is 3.56. The lowest BCUT2D eigenvalue weighted by molar-refractivity contribution is -0.848. The van der Waals surface area contributed by atoms with Gasteiger partial charge in [0.1, 0.15) is 13.1 Å². The molecule has 1 rings (SSSR count). The second-order valence-corrected chi connectivity index (χ2v) is 2.90. The summed E-state index contributed by atoms with van der Waals surface area (Å²) in [6, 6.07) is 0. The highest BCUT2D eigenvalue weighted by Gasteiger charge is 2.15. The van der Waals surface area contributed by atoms with Crippen LogP contribution in [0.15, 0.2) is 37.1 Å². The molecule has 0 bridgehead atoms. The van der Waals surface area contributed by atoms with E-state index >= 15 is 0 Å². The molecule has 0 radical (unpaired) electrons. The normalized spacial score (nSPS) is 27.7. The van der Waals surface area contributed by atoms with Crippen molar-refractivity contribution in [2.75, 3.05) is 20.1 Å². The summed E-state index contributed by atoms with van der Waals surface area (Å²) in [5.74, 6) is 0. The minimum Gasteiger partial charge on any atom is -1.00 e. The molecule has 1 aliphatic rings. The Bertz CT molecular complexity index is 180. The predicted octanol–water partition coefficient (Wildman–Crippen LogP) is -1.29. The molecule has 0 N–H and O–H groups in total. The van der Waals surface area contributed by atoms with Gasteiger partial charge in [-0.05, 0) is 18.2 Å². The van der Waals surface area contributed by atoms with Gasteiger partial charge < -0.3 is 17.0 Å². The molecule has 0 saturated heterocycles. The standard InChI is InChI=1S/C9H14N.BrH/c1-3-7-10(2)8-5-4-6-9-10;/h3-6,8H,1,7,9H2,2H3;1H/q+1;/p-1. The van der Waals surface area contributed by atoms with E-state index in [1.807, 2.05) is 6.08 Å². The fraction of sp³-hybridized carbons (Fsp3) is 0.333. The Balaban J connectivity index is 0.000001000. The van der Waals surface area contributed by atoms with Crippen molar-refractivity contribution in [2.45, 2.75) is 0 Å². The quantitative estimate of drug-likeness (QED) is 0.398. The van der Waals surface area contributed by atoms with Crippen LogP contribution in [0, 0.1) is 0 Å². The molecular formula is C9H14BrN. The van der Waals surface area contributed by atoms with Gasteiger partial charge in [0, 0.05) is 0 Å². The van der Waals surface area contributed by atoms with Gasteiger partial charge in [-0.3, -0.25) is 4.48 Å². The molecule has 2 heteroatoms. The van der Waals surface area contributed by atoms with E-state index in [9.17, 15) is 0 Å². The van der Waals surface area contributed by atoms with Crippen LogP contribution in [0.5, 0.6) is 0 Å². The maximum absolute atomic E-state index is 3.73. The molecule has 0 fully saturated rings. The van der Waals surface area contributed by atoms with E-state index < -0.39 is 0 Å². The number of nitrogens with zero attached hydrogens (tertiary/aromatic N) is 1. The molecule has 1 unspecified atom stereocenters. The van der Waals surface area contributed by atoms with Gasteiger partial charge in [-0.25, -0.2) is 0 Å². The van der Waals surface area contributed by atoms with E-state index in [-0.39, 0.29) is 17.0 Å². The van der Waals surface area contributed by atoms with Crippen molar-refractivity contribution < 1.29 is 21.5 Å². The van der Waals surface area contributed by atoms with Crippen LogP contribution in [-0.4, -0.2) is 24.6 Å². The summed E-state index contributed by atoms with van der Waals surface area (Å²) in [5, 5.41) is 0. The van der Waals surface area contributed by atoms with E-state index in [1.165, 1.54) is 0 Å². The average Bonchev–Trinajstić information content (AvgIpc) is 1.89. The number of allylic oxidation sites excluding steroid dienone is 2. The molecule has 0 aromatic carbocycles. The van der Waals surface area contributed by atoms with Crippen molar-refractivity contribution in [2.24, 2.45) is 0 Å². The minimum absolute atomic E-state index is 0. The molecule has 0 aromatic rings. The first-order chi connectivity index (χ1) is 4.77. The first-order valence-corrected chi connectivity index (χ1v) is 3.56. The van der Waals surface area contributed by atoms with Crippen molar-refractivity contribution in [1.29, 1.82) is 0 Å². The minimum atomic E-state index is 0. The van der Waals surface area contributed by atoms with Crippen LogP contribution < -0.4 is 17.0 Å². The molecule has 0 aromatic heterocycles. The molecule has 0 saturated carbocycles. The van der Waals surface area contributed by atoms with E-state index in [1.54, 1.807) is 0 Å². The van der Waals surface area contributed by atoms with E-state index in [2.05, 4.69) is 38.1 Å². The molecule has 62 valence electrons. The zero-order chi connectivity index (χ0) is 7.45. The highest BCUT2D eigenvalue weighted by atomic mass is 79.9. The summed E-state index contributed by atoms with van der Waals surface area (Å²) in [6.45, 7) is 5.83. The molecule has 1 atom stereocenters. The van der Waals surface area contributed by atoms with Crippen LogP contribution in [-0.2, 0) is 0 Å². The maximum atomic E-state index is 3.73. The summed E-state index contributed by atoms with van der Waals surface area (Å²) in [4.78, 5) is 0. The van der Waals surface area contributed by atoms with Crippen molar-refractivity contribution in [3.63, 3.8) is 0 Å². The number of quaternary nitrogens is 1. The third-order valence-electron chi connectivity index (χ3n) is 1.76. The summed E-state index contributed by atoms with van der Waals surface area (Å²) >= 11 is 0. The van der Waals surface area contributed by atoms with Gasteiger partial charge in [-0.2, -0.15) is 0 Å². The fourth-order valence-corrected chi connectivity index (χ4v) is 1.13. The van der Waals surface area contributed by atoms with Crippen molar-refractivity contribution in [1.82, 2.24) is 0 Å². The van der Waals surface area contributed by atoms with Crippen LogP contribution in [0.2, 0.25) is 0 Å². The summed E-state index contributed by atoms with van der Waals surface area (Å²) in [7, 11) is 2.20. The van der Waals surface area contributed by atoms with Crippen LogP contribution in [0.3, 0.4) is 0 Å². The smallest absolute Gasteiger partial charge is 0.102 e. The van der Waals surface area contributed by atoms with Gasteiger partial charge in [-0.15, -0.1) is 0 Å². The third-order valence-corrected chi connectivity index (χ3v) is 1.76. The topological polar surface area (TPSA) is 0 Å². The van der Waals surface area contributed by atoms with Crippen LogP contribution in [0.1, 0.15) is 0 Å². The SMILES string of the molecule is C=CC[N+]1(C)C=CC=CC1.[Br-]. The maximum Gasteiger partial charge on any atom is 0.102 e. The zero-order valence-electron chi connectivity index (χ0n) is 6.83. The van der Waals surface area contributed by atoms with Gasteiger partial charge in [0.25, 0.3) is 0 Å². The van der Waals surface area contributed by atoms with E-state index in [0.29, 0.717) is 0 Å². The Morgan fingerprint density at radius 3 is 2.73 bits per heavy atom. The number of likely N-dealkylation sites (N-methyl/N-ethyl adjacent to an activating group) is 1. The Morgan fingerprint density at radius 1 is 1.55 bits per heavy atom. The zero-order valence-corrected chi connectivity index (χ0v) is 8.42. The molecule has 1 aliphatic heterocycles. The highest BCUT2D eigenvalue weighted by molar-refractivity contribution is 5.03.